The fraction of sp³-hybridized carbons (Fsp3) is 0.190. The highest BCUT2D eigenvalue weighted by Crippen LogP contribution is 2.28. The van der Waals surface area contributed by atoms with Crippen molar-refractivity contribution < 1.29 is 9.53 Å². The van der Waals surface area contributed by atoms with Crippen molar-refractivity contribution in [1.29, 1.82) is 0 Å². The van der Waals surface area contributed by atoms with E-state index in [0.717, 1.165) is 0 Å². The molecular formula is C21H18Cl3N5O2. The third-order valence-electron chi connectivity index (χ3n) is 4.64. The van der Waals surface area contributed by atoms with Crippen molar-refractivity contribution in [3.63, 3.8) is 0 Å². The zero-order valence-electron chi connectivity index (χ0n) is 16.3. The summed E-state index contributed by atoms with van der Waals surface area (Å²) in [5.74, 6) is 1.39. The molecule has 1 fully saturated rings. The molecule has 160 valence electrons. The lowest BCUT2D eigenvalue weighted by atomic mass is 10.3. The van der Waals surface area contributed by atoms with Crippen molar-refractivity contribution in [3.8, 4) is 11.6 Å². The Kier molecular flexibility index (Phi) is 6.65. The number of anilines is 2. The second-order valence-corrected chi connectivity index (χ2v) is 8.07. The topological polar surface area (TPSA) is 70.6 Å². The first kappa shape index (κ1) is 21.5. The third-order valence-corrected chi connectivity index (χ3v) is 5.41. The molecule has 10 heteroatoms. The number of nitrogens with one attached hydrogen (secondary N) is 1. The molecule has 0 radical (unpaired) electrons. The number of benzene rings is 2. The molecule has 0 spiro atoms. The van der Waals surface area contributed by atoms with E-state index in [4.69, 9.17) is 39.5 Å². The summed E-state index contributed by atoms with van der Waals surface area (Å²) in [5.41, 5.74) is 0.589. The van der Waals surface area contributed by atoms with Gasteiger partial charge in [0.15, 0.2) is 0 Å². The first-order valence-electron chi connectivity index (χ1n) is 9.50. The molecule has 31 heavy (non-hydrogen) atoms. The molecule has 0 aliphatic carbocycles. The molecule has 7 nitrogen and oxygen atoms in total. The van der Waals surface area contributed by atoms with E-state index in [1.165, 1.54) is 0 Å². The van der Waals surface area contributed by atoms with Gasteiger partial charge in [-0.1, -0.05) is 46.9 Å². The molecule has 2 aromatic carbocycles. The smallest absolute Gasteiger partial charge is 0.322 e. The van der Waals surface area contributed by atoms with Crippen molar-refractivity contribution in [2.45, 2.75) is 0 Å². The minimum absolute atomic E-state index is 0.191. The van der Waals surface area contributed by atoms with Gasteiger partial charge in [0.25, 0.3) is 0 Å². The van der Waals surface area contributed by atoms with Crippen molar-refractivity contribution in [3.05, 3.63) is 69.8 Å². The van der Waals surface area contributed by atoms with Crippen LogP contribution in [0.5, 0.6) is 11.6 Å². The van der Waals surface area contributed by atoms with Crippen molar-refractivity contribution in [2.24, 2.45) is 0 Å². The Morgan fingerprint density at radius 1 is 0.968 bits per heavy atom. The van der Waals surface area contributed by atoms with Crippen LogP contribution in [0.2, 0.25) is 15.1 Å². The Morgan fingerprint density at radius 2 is 1.68 bits per heavy atom. The molecule has 0 unspecified atom stereocenters. The van der Waals surface area contributed by atoms with Gasteiger partial charge >= 0.3 is 6.03 Å². The van der Waals surface area contributed by atoms with Crippen LogP contribution < -0.4 is 15.0 Å². The predicted molar refractivity (Wildman–Crippen MR) is 123 cm³/mol. The first-order chi connectivity index (χ1) is 15.0. The molecule has 2 heterocycles. The molecule has 0 bridgehead atoms. The minimum Gasteiger partial charge on any atom is -0.439 e. The molecule has 0 atom stereocenters. The van der Waals surface area contributed by atoms with Crippen LogP contribution in [-0.4, -0.2) is 47.1 Å². The molecule has 4 rings (SSSR count). The van der Waals surface area contributed by atoms with Crippen LogP contribution in [-0.2, 0) is 0 Å². The maximum atomic E-state index is 12.5. The quantitative estimate of drug-likeness (QED) is 0.530. The number of ether oxygens (including phenoxy) is 1. The second kappa shape index (κ2) is 9.60. The molecule has 3 aromatic rings. The monoisotopic (exact) mass is 477 g/mol. The number of hydrogen-bond acceptors (Lipinski definition) is 5. The number of carbonyl (C=O) groups is 1. The van der Waals surface area contributed by atoms with Crippen LogP contribution in [0.25, 0.3) is 0 Å². The molecule has 1 aromatic heterocycles. The average molecular weight is 479 g/mol. The average Bonchev–Trinajstić information content (AvgIpc) is 2.75. The van der Waals surface area contributed by atoms with E-state index in [0.29, 0.717) is 64.5 Å². The van der Waals surface area contributed by atoms with E-state index >= 15 is 0 Å². The standard InChI is InChI=1S/C21H18Cl3N5O2/c22-14-11-15(23)13-16(12-14)31-19-5-6-25-20(27-19)28-7-9-29(10-8-28)21(30)26-18-4-2-1-3-17(18)24/h1-6,11-13H,7-10H2,(H,26,30). The zero-order valence-corrected chi connectivity index (χ0v) is 18.5. The Labute approximate surface area is 194 Å². The third kappa shape index (κ3) is 5.50. The molecule has 2 amide bonds. The van der Waals surface area contributed by atoms with Crippen LogP contribution in [0, 0.1) is 0 Å². The van der Waals surface area contributed by atoms with Crippen LogP contribution in [0.1, 0.15) is 0 Å². The fourth-order valence-electron chi connectivity index (χ4n) is 3.12. The van der Waals surface area contributed by atoms with Crippen molar-refractivity contribution in [2.75, 3.05) is 36.4 Å². The number of hydrogen-bond donors (Lipinski definition) is 1. The molecule has 1 saturated heterocycles. The normalized spacial score (nSPS) is 13.8. The highest BCUT2D eigenvalue weighted by Gasteiger charge is 2.23. The van der Waals surface area contributed by atoms with Gasteiger partial charge in [0.2, 0.25) is 11.8 Å². The maximum absolute atomic E-state index is 12.5. The zero-order chi connectivity index (χ0) is 21.8. The number of halogens is 3. The second-order valence-electron chi connectivity index (χ2n) is 6.79. The first-order valence-corrected chi connectivity index (χ1v) is 10.6. The molecular weight excluding hydrogens is 461 g/mol. The number of amides is 2. The number of nitrogens with zero attached hydrogens (tertiary/aromatic N) is 4. The van der Waals surface area contributed by atoms with Gasteiger partial charge in [-0.3, -0.25) is 0 Å². The van der Waals surface area contributed by atoms with Crippen molar-refractivity contribution >= 4 is 52.5 Å². The van der Waals surface area contributed by atoms with Gasteiger partial charge in [-0.2, -0.15) is 4.98 Å². The number of para-hydroxylation sites is 1. The fourth-order valence-corrected chi connectivity index (χ4v) is 3.81. The lowest BCUT2D eigenvalue weighted by Crippen LogP contribution is -2.50. The lowest BCUT2D eigenvalue weighted by molar-refractivity contribution is 0.208. The summed E-state index contributed by atoms with van der Waals surface area (Å²) >= 11 is 18.2. The maximum Gasteiger partial charge on any atom is 0.322 e. The van der Waals surface area contributed by atoms with Gasteiger partial charge in [-0.05, 0) is 30.3 Å². The van der Waals surface area contributed by atoms with E-state index in [9.17, 15) is 4.79 Å². The van der Waals surface area contributed by atoms with E-state index in [2.05, 4.69) is 15.3 Å². The Bertz CT molecular complexity index is 1070. The minimum atomic E-state index is -0.191. The summed E-state index contributed by atoms with van der Waals surface area (Å²) in [7, 11) is 0. The molecule has 1 N–H and O–H groups in total. The lowest BCUT2D eigenvalue weighted by Gasteiger charge is -2.34. The van der Waals surface area contributed by atoms with Crippen molar-refractivity contribution in [1.82, 2.24) is 14.9 Å². The summed E-state index contributed by atoms with van der Waals surface area (Å²) in [6.45, 7) is 2.22. The van der Waals surface area contributed by atoms with E-state index < -0.39 is 0 Å². The van der Waals surface area contributed by atoms with Crippen LogP contribution >= 0.6 is 34.8 Å². The van der Waals surface area contributed by atoms with Gasteiger partial charge in [0.05, 0.1) is 10.7 Å². The molecule has 1 aliphatic heterocycles. The number of aromatic nitrogens is 2. The van der Waals surface area contributed by atoms with E-state index in [1.807, 2.05) is 17.0 Å². The Balaban J connectivity index is 1.37. The van der Waals surface area contributed by atoms with Crippen LogP contribution in [0.15, 0.2) is 54.7 Å². The summed E-state index contributed by atoms with van der Waals surface area (Å²) in [6.07, 6.45) is 1.63. The number of urea groups is 1. The van der Waals surface area contributed by atoms with Crippen LogP contribution in [0.4, 0.5) is 16.4 Å². The Hall–Kier alpha value is -2.74. The van der Waals surface area contributed by atoms with Gasteiger partial charge in [-0.15, -0.1) is 0 Å². The highest BCUT2D eigenvalue weighted by molar-refractivity contribution is 6.35. The number of carbonyl (C=O) groups excluding carboxylic acids is 1. The SMILES string of the molecule is O=C(Nc1ccccc1Cl)N1CCN(c2nccc(Oc3cc(Cl)cc(Cl)c3)n2)CC1. The van der Waals surface area contributed by atoms with Gasteiger partial charge in [0.1, 0.15) is 5.75 Å². The van der Waals surface area contributed by atoms with Gasteiger partial charge in [0, 0.05) is 48.5 Å². The predicted octanol–water partition coefficient (Wildman–Crippen LogP) is 5.58. The largest absolute Gasteiger partial charge is 0.439 e. The number of rotatable bonds is 4. The number of piperazine rings is 1. The summed E-state index contributed by atoms with van der Waals surface area (Å²) in [4.78, 5) is 25.1. The van der Waals surface area contributed by atoms with Crippen LogP contribution in [0.3, 0.4) is 0 Å². The summed E-state index contributed by atoms with van der Waals surface area (Å²) in [6, 6.07) is 13.6. The van der Waals surface area contributed by atoms with E-state index in [1.54, 1.807) is 47.5 Å². The van der Waals surface area contributed by atoms with E-state index in [-0.39, 0.29) is 6.03 Å². The highest BCUT2D eigenvalue weighted by atomic mass is 35.5. The summed E-state index contributed by atoms with van der Waals surface area (Å²) in [5, 5.41) is 4.29. The van der Waals surface area contributed by atoms with Gasteiger partial charge < -0.3 is 19.9 Å². The van der Waals surface area contributed by atoms with Gasteiger partial charge in [-0.25, -0.2) is 9.78 Å². The Morgan fingerprint density at radius 3 is 2.39 bits per heavy atom. The molecule has 1 aliphatic rings. The summed E-state index contributed by atoms with van der Waals surface area (Å²) < 4.78 is 5.77. The molecule has 0 saturated carbocycles.